The lowest BCUT2D eigenvalue weighted by Crippen LogP contribution is -1.99. The number of carboxylic acid groups (broad SMARTS) is 1. The molecule has 1 heterocycles. The van der Waals surface area contributed by atoms with Gasteiger partial charge in [-0.15, -0.1) is 0 Å². The zero-order valence-corrected chi connectivity index (χ0v) is 15.3. The number of rotatable bonds is 5. The van der Waals surface area contributed by atoms with Gasteiger partial charge < -0.3 is 9.52 Å². The Morgan fingerprint density at radius 2 is 1.88 bits per heavy atom. The van der Waals surface area contributed by atoms with Crippen molar-refractivity contribution in [1.29, 1.82) is 0 Å². The summed E-state index contributed by atoms with van der Waals surface area (Å²) in [5, 5.41) is 14.1. The third-order valence-electron chi connectivity index (χ3n) is 3.43. The summed E-state index contributed by atoms with van der Waals surface area (Å²) in [6.45, 7) is 0. The van der Waals surface area contributed by atoms with Gasteiger partial charge in [-0.05, 0) is 42.5 Å². The summed E-state index contributed by atoms with van der Waals surface area (Å²) in [6, 6.07) is 13.2. The summed E-state index contributed by atoms with van der Waals surface area (Å²) in [7, 11) is 0. The van der Waals surface area contributed by atoms with E-state index in [0.717, 1.165) is 0 Å². The molecule has 8 heteroatoms. The monoisotopic (exact) mass is 408 g/mol. The molecule has 5 nitrogen and oxygen atoms in total. The summed E-state index contributed by atoms with van der Waals surface area (Å²) in [5.41, 5.74) is 3.87. The molecular weight excluding hydrogens is 399 g/mol. The Morgan fingerprint density at radius 3 is 2.65 bits per heavy atom. The van der Waals surface area contributed by atoms with Gasteiger partial charge >= 0.3 is 5.97 Å². The van der Waals surface area contributed by atoms with E-state index in [0.29, 0.717) is 32.8 Å². The molecule has 1 aromatic heterocycles. The Balaban J connectivity index is 1.74. The van der Waals surface area contributed by atoms with Gasteiger partial charge in [0, 0.05) is 5.56 Å². The molecule has 0 atom stereocenters. The molecule has 3 aromatic rings. The Labute approximate surface area is 163 Å². The molecule has 0 saturated heterocycles. The van der Waals surface area contributed by atoms with Crippen LogP contribution in [0.1, 0.15) is 16.1 Å². The third-order valence-corrected chi connectivity index (χ3v) is 4.57. The van der Waals surface area contributed by atoms with E-state index in [1.165, 1.54) is 18.3 Å². The molecule has 0 radical (unpaired) electrons. The Kier molecular flexibility index (Phi) is 5.52. The quantitative estimate of drug-likeness (QED) is 0.397. The topological polar surface area (TPSA) is 74.8 Å². The molecule has 0 bridgehead atoms. The maximum atomic E-state index is 11.1. The van der Waals surface area contributed by atoms with E-state index in [4.69, 9.17) is 44.3 Å². The van der Waals surface area contributed by atoms with Crippen LogP contribution in [0.15, 0.2) is 58.0 Å². The van der Waals surface area contributed by atoms with Crippen LogP contribution in [0.4, 0.5) is 5.69 Å². The van der Waals surface area contributed by atoms with Crippen molar-refractivity contribution in [2.75, 3.05) is 5.43 Å². The minimum atomic E-state index is -1.11. The molecule has 0 unspecified atom stereocenters. The first kappa shape index (κ1) is 18.3. The van der Waals surface area contributed by atoms with E-state index in [1.54, 1.807) is 36.4 Å². The number of furan rings is 1. The highest BCUT2D eigenvalue weighted by Gasteiger charge is 2.11. The zero-order chi connectivity index (χ0) is 18.7. The highest BCUT2D eigenvalue weighted by molar-refractivity contribution is 6.43. The second-order valence-corrected chi connectivity index (χ2v) is 6.37. The van der Waals surface area contributed by atoms with Crippen LogP contribution in [0.25, 0.3) is 11.3 Å². The van der Waals surface area contributed by atoms with E-state index in [2.05, 4.69) is 10.5 Å². The Morgan fingerprint density at radius 1 is 1.08 bits per heavy atom. The molecule has 2 N–H and O–H groups in total. The van der Waals surface area contributed by atoms with Gasteiger partial charge in [0.2, 0.25) is 0 Å². The summed E-state index contributed by atoms with van der Waals surface area (Å²) in [6.07, 6.45) is 1.46. The fourth-order valence-electron chi connectivity index (χ4n) is 2.19. The maximum absolute atomic E-state index is 11.1. The first-order chi connectivity index (χ1) is 12.5. The minimum absolute atomic E-state index is 0.0113. The fourth-order valence-corrected chi connectivity index (χ4v) is 2.78. The van der Waals surface area contributed by atoms with Crippen LogP contribution in [0.5, 0.6) is 0 Å². The molecular formula is C18H11Cl3N2O3. The number of hydrogen-bond acceptors (Lipinski definition) is 4. The predicted molar refractivity (Wildman–Crippen MR) is 104 cm³/mol. The molecule has 0 aliphatic carbocycles. The number of nitrogens with one attached hydrogen (secondary N) is 1. The molecule has 3 rings (SSSR count). The van der Waals surface area contributed by atoms with Crippen molar-refractivity contribution < 1.29 is 14.3 Å². The van der Waals surface area contributed by atoms with Crippen LogP contribution in [0.3, 0.4) is 0 Å². The smallest absolute Gasteiger partial charge is 0.337 e. The molecule has 132 valence electrons. The Bertz CT molecular complexity index is 999. The normalized spacial score (nSPS) is 11.0. The van der Waals surface area contributed by atoms with Gasteiger partial charge in [0.25, 0.3) is 0 Å². The number of aromatic carboxylic acids is 1. The van der Waals surface area contributed by atoms with Crippen LogP contribution < -0.4 is 5.43 Å². The maximum Gasteiger partial charge on any atom is 0.337 e. The van der Waals surface area contributed by atoms with Crippen molar-refractivity contribution in [3.05, 3.63) is 74.9 Å². The van der Waals surface area contributed by atoms with Crippen molar-refractivity contribution in [3.63, 3.8) is 0 Å². The second-order valence-electron chi connectivity index (χ2n) is 5.17. The molecule has 0 fully saturated rings. The number of nitrogens with zero attached hydrogens (tertiary/aromatic N) is 1. The SMILES string of the molecule is O=C(O)c1cc(NN=Cc2ccc(-c3cccc(Cl)c3Cl)o2)ccc1Cl. The number of hydrazone groups is 1. The first-order valence-corrected chi connectivity index (χ1v) is 8.45. The van der Waals surface area contributed by atoms with Gasteiger partial charge in [-0.2, -0.15) is 5.10 Å². The van der Waals surface area contributed by atoms with E-state index < -0.39 is 5.97 Å². The van der Waals surface area contributed by atoms with Crippen molar-refractivity contribution in [3.8, 4) is 11.3 Å². The summed E-state index contributed by atoms with van der Waals surface area (Å²) in [5.74, 6) is -0.0775. The van der Waals surface area contributed by atoms with E-state index >= 15 is 0 Å². The first-order valence-electron chi connectivity index (χ1n) is 7.32. The fraction of sp³-hybridized carbons (Fsp3) is 0. The molecule has 0 aliphatic rings. The molecule has 2 aromatic carbocycles. The molecule has 0 amide bonds. The number of anilines is 1. The van der Waals surface area contributed by atoms with Crippen LogP contribution in [0.2, 0.25) is 15.1 Å². The summed E-state index contributed by atoms with van der Waals surface area (Å²) in [4.78, 5) is 11.1. The van der Waals surface area contributed by atoms with Crippen LogP contribution in [0, 0.1) is 0 Å². The highest BCUT2D eigenvalue weighted by atomic mass is 35.5. The highest BCUT2D eigenvalue weighted by Crippen LogP contribution is 2.34. The molecule has 0 spiro atoms. The van der Waals surface area contributed by atoms with E-state index in [-0.39, 0.29) is 10.6 Å². The van der Waals surface area contributed by atoms with Crippen LogP contribution in [-0.4, -0.2) is 17.3 Å². The zero-order valence-electron chi connectivity index (χ0n) is 13.0. The lowest BCUT2D eigenvalue weighted by atomic mass is 10.2. The van der Waals surface area contributed by atoms with Gasteiger partial charge in [-0.1, -0.05) is 40.9 Å². The van der Waals surface area contributed by atoms with Gasteiger partial charge in [-0.3, -0.25) is 5.43 Å². The van der Waals surface area contributed by atoms with Gasteiger partial charge in [0.15, 0.2) is 0 Å². The Hall–Kier alpha value is -2.47. The minimum Gasteiger partial charge on any atom is -0.478 e. The third kappa shape index (κ3) is 4.02. The van der Waals surface area contributed by atoms with Gasteiger partial charge in [-0.25, -0.2) is 4.79 Å². The van der Waals surface area contributed by atoms with Gasteiger partial charge in [0.05, 0.1) is 32.5 Å². The average molecular weight is 410 g/mol. The summed E-state index contributed by atoms with van der Waals surface area (Å²) >= 11 is 18.0. The number of hydrogen-bond donors (Lipinski definition) is 2. The average Bonchev–Trinajstić information content (AvgIpc) is 3.07. The number of carbonyl (C=O) groups is 1. The lowest BCUT2D eigenvalue weighted by Gasteiger charge is -2.03. The van der Waals surface area contributed by atoms with Gasteiger partial charge in [0.1, 0.15) is 11.5 Å². The number of carboxylic acids is 1. The van der Waals surface area contributed by atoms with Crippen molar-refractivity contribution in [2.45, 2.75) is 0 Å². The van der Waals surface area contributed by atoms with E-state index in [9.17, 15) is 4.79 Å². The molecule has 0 aliphatic heterocycles. The van der Waals surface area contributed by atoms with Crippen molar-refractivity contribution >= 4 is 52.7 Å². The van der Waals surface area contributed by atoms with Crippen LogP contribution in [-0.2, 0) is 0 Å². The van der Waals surface area contributed by atoms with Crippen molar-refractivity contribution in [2.24, 2.45) is 5.10 Å². The molecule has 0 saturated carbocycles. The second kappa shape index (κ2) is 7.83. The lowest BCUT2D eigenvalue weighted by molar-refractivity contribution is 0.0697. The number of benzene rings is 2. The number of halogens is 3. The van der Waals surface area contributed by atoms with Crippen molar-refractivity contribution in [1.82, 2.24) is 0 Å². The van der Waals surface area contributed by atoms with E-state index in [1.807, 2.05) is 0 Å². The summed E-state index contributed by atoms with van der Waals surface area (Å²) < 4.78 is 5.68. The largest absolute Gasteiger partial charge is 0.478 e. The standard InChI is InChI=1S/C18H11Cl3N2O3/c19-14-6-4-10(8-13(14)18(24)25)23-22-9-11-5-7-16(26-11)12-2-1-3-15(20)17(12)21/h1-9,23H,(H,24,25). The molecule has 26 heavy (non-hydrogen) atoms. The van der Waals surface area contributed by atoms with Crippen LogP contribution >= 0.6 is 34.8 Å². The predicted octanol–water partition coefficient (Wildman–Crippen LogP) is 6.05.